The molecule has 0 spiro atoms. The quantitative estimate of drug-likeness (QED) is 0.0450. The zero-order valence-corrected chi connectivity index (χ0v) is 43.4. The van der Waals surface area contributed by atoms with Gasteiger partial charge in [0.25, 0.3) is 0 Å². The first-order chi connectivity index (χ1) is 26.3. The van der Waals surface area contributed by atoms with E-state index in [1.165, 1.54) is 77.0 Å². The van der Waals surface area contributed by atoms with Crippen LogP contribution in [0.2, 0.25) is 77.6 Å². The minimum atomic E-state index is -2.77. The van der Waals surface area contributed by atoms with Crippen molar-refractivity contribution in [2.75, 3.05) is 72.7 Å². The lowest BCUT2D eigenvalue weighted by Gasteiger charge is -2.44. The van der Waals surface area contributed by atoms with Crippen molar-refractivity contribution in [3.63, 3.8) is 0 Å². The zero-order chi connectivity index (χ0) is 42.2. The molecule has 56 heavy (non-hydrogen) atoms. The molecule has 0 saturated heterocycles. The van der Waals surface area contributed by atoms with E-state index in [4.69, 9.17) is 45.3 Å². The molecule has 3 atom stereocenters. The normalized spacial score (nSPS) is 15.6. The molecule has 0 aromatic heterocycles. The van der Waals surface area contributed by atoms with Crippen molar-refractivity contribution in [1.29, 1.82) is 0 Å². The van der Waals surface area contributed by atoms with Crippen molar-refractivity contribution in [2.45, 2.75) is 187 Å². The van der Waals surface area contributed by atoms with Crippen LogP contribution in [0.1, 0.15) is 103 Å². The van der Waals surface area contributed by atoms with Gasteiger partial charge in [-0.2, -0.15) is 0 Å². The van der Waals surface area contributed by atoms with Gasteiger partial charge in [-0.15, -0.1) is 0 Å². The topological polar surface area (TPSA) is 124 Å². The Morgan fingerprint density at radius 1 is 0.393 bits per heavy atom. The smallest absolute Gasteiger partial charge is 0.317 e. The number of unbranched alkanes of at least 4 members (excludes halogenated alkanes) is 12. The van der Waals surface area contributed by atoms with Crippen molar-refractivity contribution in [3.8, 4) is 0 Å². The number of ether oxygens (including phenoxy) is 5. The van der Waals surface area contributed by atoms with E-state index in [-0.39, 0.29) is 13.2 Å². The Balaban J connectivity index is 4.39. The summed E-state index contributed by atoms with van der Waals surface area (Å²) in [6.45, 7) is 29.1. The van der Waals surface area contributed by atoms with E-state index in [1.54, 1.807) is 0 Å². The summed E-state index contributed by atoms with van der Waals surface area (Å²) in [5.74, 6) is 0. The van der Waals surface area contributed by atoms with Gasteiger partial charge in [-0.25, -0.2) is 0 Å². The molecule has 0 aliphatic carbocycles. The number of hydrogen-bond donors (Lipinski definition) is 2. The average Bonchev–Trinajstić information content (AvgIpc) is 3.07. The molecule has 0 amide bonds. The molecule has 0 fully saturated rings. The van der Waals surface area contributed by atoms with Gasteiger partial charge in [-0.3, -0.25) is 0 Å². The molecule has 2 N–H and O–H groups in total. The van der Waals surface area contributed by atoms with Crippen LogP contribution in [0.4, 0.5) is 0 Å². The van der Waals surface area contributed by atoms with E-state index < -0.39 is 48.4 Å². The van der Waals surface area contributed by atoms with Crippen LogP contribution >= 0.6 is 0 Å². The van der Waals surface area contributed by atoms with Gasteiger partial charge in [-0.05, 0) is 96.8 Å². The second-order valence-corrected chi connectivity index (χ2v) is 38.2. The fourth-order valence-corrected chi connectivity index (χ4v) is 30.6. The molecule has 0 aliphatic heterocycles. The standard InChI is InChI=1S/C40H92O11Si5/c1-12-13-14-15-16-17-18-19-20-21-22-23-24-27-43-30-32-45-34-35-46-33-31-44-28-25-37-56(11,50-54(8,9)48-52(2,3)4)51-55(10,49-53(5,6)7)36-26-29-47-39-40(42)38-41/h40-42H,12-39H2,1-11H3. The highest BCUT2D eigenvalue weighted by Crippen LogP contribution is 2.32. The summed E-state index contributed by atoms with van der Waals surface area (Å²) < 4.78 is 56.3. The van der Waals surface area contributed by atoms with Gasteiger partial charge in [0.15, 0.2) is 16.6 Å². The van der Waals surface area contributed by atoms with Crippen LogP contribution in [0.15, 0.2) is 0 Å². The lowest BCUT2D eigenvalue weighted by molar-refractivity contribution is -0.00216. The van der Waals surface area contributed by atoms with Gasteiger partial charge in [0, 0.05) is 19.8 Å². The van der Waals surface area contributed by atoms with Crippen LogP contribution in [0, 0.1) is 0 Å². The van der Waals surface area contributed by atoms with Gasteiger partial charge in [-0.1, -0.05) is 84.0 Å². The number of rotatable bonds is 42. The van der Waals surface area contributed by atoms with E-state index in [0.29, 0.717) is 52.9 Å². The second kappa shape index (κ2) is 33.3. The molecule has 11 nitrogen and oxygen atoms in total. The van der Waals surface area contributed by atoms with E-state index >= 15 is 0 Å². The highest BCUT2D eigenvalue weighted by Gasteiger charge is 2.48. The van der Waals surface area contributed by atoms with Crippen LogP contribution in [0.3, 0.4) is 0 Å². The molecule has 0 radical (unpaired) electrons. The fraction of sp³-hybridized carbons (Fsp3) is 1.00. The third-order valence-electron chi connectivity index (χ3n) is 8.84. The minimum absolute atomic E-state index is 0.113. The molecular formula is C40H92O11Si5. The summed E-state index contributed by atoms with van der Waals surface area (Å²) in [6.07, 6.45) is 18.4. The highest BCUT2D eigenvalue weighted by atomic mass is 28.5. The Bertz CT molecular complexity index is 898. The van der Waals surface area contributed by atoms with Crippen molar-refractivity contribution in [2.24, 2.45) is 0 Å². The monoisotopic (exact) mass is 889 g/mol. The predicted molar refractivity (Wildman–Crippen MR) is 243 cm³/mol. The van der Waals surface area contributed by atoms with Crippen molar-refractivity contribution < 1.29 is 50.4 Å². The summed E-state index contributed by atoms with van der Waals surface area (Å²) in [6, 6.07) is 1.52. The van der Waals surface area contributed by atoms with Gasteiger partial charge in [0.1, 0.15) is 6.10 Å². The van der Waals surface area contributed by atoms with Crippen LogP contribution in [0.25, 0.3) is 0 Å². The first-order valence-corrected chi connectivity index (χ1v) is 37.0. The maximum absolute atomic E-state index is 9.64. The van der Waals surface area contributed by atoms with E-state index in [1.807, 2.05) is 0 Å². The molecule has 3 unspecified atom stereocenters. The summed E-state index contributed by atoms with van der Waals surface area (Å²) >= 11 is 0. The third kappa shape index (κ3) is 37.6. The summed E-state index contributed by atoms with van der Waals surface area (Å²) in [7, 11) is -11.7. The number of aliphatic hydroxyl groups is 2. The third-order valence-corrected chi connectivity index (χ3v) is 27.1. The highest BCUT2D eigenvalue weighted by molar-refractivity contribution is 6.90. The van der Waals surface area contributed by atoms with Crippen LogP contribution in [-0.2, 0) is 40.1 Å². The van der Waals surface area contributed by atoms with Gasteiger partial charge in [0.2, 0.25) is 0 Å². The Kier molecular flexibility index (Phi) is 33.7. The average molecular weight is 890 g/mol. The molecule has 0 bridgehead atoms. The molecule has 0 aromatic rings. The van der Waals surface area contributed by atoms with Crippen LogP contribution in [0.5, 0.6) is 0 Å². The van der Waals surface area contributed by atoms with Gasteiger partial charge < -0.3 is 50.4 Å². The van der Waals surface area contributed by atoms with E-state index in [0.717, 1.165) is 38.0 Å². The maximum Gasteiger partial charge on any atom is 0.317 e. The van der Waals surface area contributed by atoms with E-state index in [2.05, 4.69) is 72.4 Å². The van der Waals surface area contributed by atoms with Gasteiger partial charge >= 0.3 is 25.7 Å². The van der Waals surface area contributed by atoms with Crippen molar-refractivity contribution in [1.82, 2.24) is 0 Å². The summed E-state index contributed by atoms with van der Waals surface area (Å²) in [5.41, 5.74) is 0. The van der Waals surface area contributed by atoms with Crippen molar-refractivity contribution in [3.05, 3.63) is 0 Å². The Morgan fingerprint density at radius 3 is 1.16 bits per heavy atom. The molecule has 0 aliphatic rings. The van der Waals surface area contributed by atoms with Crippen LogP contribution in [-0.4, -0.2) is 131 Å². The lowest BCUT2D eigenvalue weighted by Crippen LogP contribution is -2.60. The first-order valence-electron chi connectivity index (χ1n) is 22.3. The summed E-state index contributed by atoms with van der Waals surface area (Å²) in [5, 5.41) is 18.7. The zero-order valence-electron chi connectivity index (χ0n) is 38.4. The minimum Gasteiger partial charge on any atom is -0.437 e. The molecule has 0 aromatic carbocycles. The lowest BCUT2D eigenvalue weighted by atomic mass is 10.0. The predicted octanol–water partition coefficient (Wildman–Crippen LogP) is 9.88. The maximum atomic E-state index is 9.64. The molecule has 16 heteroatoms. The molecular weight excluding hydrogens is 797 g/mol. The van der Waals surface area contributed by atoms with E-state index in [9.17, 15) is 5.11 Å². The fourth-order valence-electron chi connectivity index (χ4n) is 6.87. The van der Waals surface area contributed by atoms with Crippen molar-refractivity contribution >= 4 is 42.3 Å². The largest absolute Gasteiger partial charge is 0.437 e. The molecule has 0 heterocycles. The SMILES string of the molecule is CCCCCCCCCCCCCCCOCCOCCOCCOCCC[Si](C)(O[Si](C)(C)O[Si](C)(C)C)O[Si](C)(CCCOCC(O)CO)O[Si](C)(C)C. The number of hydrogen-bond acceptors (Lipinski definition) is 11. The molecule has 338 valence electrons. The Hall–Kier alpha value is 0.644. The molecule has 0 rings (SSSR count). The van der Waals surface area contributed by atoms with Gasteiger partial charge in [0.05, 0.1) is 52.9 Å². The number of aliphatic hydroxyl groups excluding tert-OH is 2. The summed E-state index contributed by atoms with van der Waals surface area (Å²) in [4.78, 5) is 0. The second-order valence-electron chi connectivity index (χ2n) is 18.1. The Labute approximate surface area is 350 Å². The molecule has 0 saturated carbocycles. The Morgan fingerprint density at radius 2 is 0.750 bits per heavy atom. The first kappa shape index (κ1) is 56.6. The van der Waals surface area contributed by atoms with Crippen LogP contribution < -0.4 is 0 Å².